The van der Waals surface area contributed by atoms with Crippen molar-refractivity contribution in [2.75, 3.05) is 0 Å². The lowest BCUT2D eigenvalue weighted by molar-refractivity contribution is -0.139. The van der Waals surface area contributed by atoms with Crippen molar-refractivity contribution in [1.29, 1.82) is 0 Å². The Kier molecular flexibility index (Phi) is 7.71. The Morgan fingerprint density at radius 2 is 1.90 bits per heavy atom. The van der Waals surface area contributed by atoms with Gasteiger partial charge in [-0.2, -0.15) is 5.10 Å². The number of pyridine rings is 1. The average Bonchev–Trinajstić information content (AvgIpc) is 2.51. The molecule has 1 aromatic heterocycles. The van der Waals surface area contributed by atoms with Gasteiger partial charge in [-0.25, -0.2) is 5.43 Å². The van der Waals surface area contributed by atoms with Gasteiger partial charge in [0, 0.05) is 24.7 Å². The summed E-state index contributed by atoms with van der Waals surface area (Å²) in [5.41, 5.74) is 4.05. The summed E-state index contributed by atoms with van der Waals surface area (Å²) in [7, 11) is 0. The standard InChI is InChI=1S/C15H22N4O2/c1-3-6-13(7-4-2)18-19-15(21)14(20)17-11-12-8-5-9-16-10-12/h5,8-10H,3-4,6-7,11H2,1-2H3,(H,17,20)(H,19,21). The maximum absolute atomic E-state index is 11.6. The molecule has 0 aliphatic heterocycles. The van der Waals surface area contributed by atoms with Gasteiger partial charge >= 0.3 is 11.8 Å². The summed E-state index contributed by atoms with van der Waals surface area (Å²) in [5.74, 6) is -1.45. The molecule has 1 aromatic rings. The molecule has 2 amide bonds. The first-order chi connectivity index (χ1) is 10.2. The number of amides is 2. The van der Waals surface area contributed by atoms with E-state index in [0.717, 1.165) is 37.0 Å². The van der Waals surface area contributed by atoms with Crippen LogP contribution >= 0.6 is 0 Å². The number of nitrogens with one attached hydrogen (secondary N) is 2. The van der Waals surface area contributed by atoms with Gasteiger partial charge in [0.1, 0.15) is 0 Å². The van der Waals surface area contributed by atoms with E-state index in [-0.39, 0.29) is 6.54 Å². The summed E-state index contributed by atoms with van der Waals surface area (Å²) >= 11 is 0. The van der Waals surface area contributed by atoms with Crippen molar-refractivity contribution < 1.29 is 9.59 Å². The molecular weight excluding hydrogens is 268 g/mol. The summed E-state index contributed by atoms with van der Waals surface area (Å²) in [5, 5.41) is 6.55. The second-order valence-corrected chi connectivity index (χ2v) is 4.66. The highest BCUT2D eigenvalue weighted by molar-refractivity contribution is 6.35. The number of nitrogens with zero attached hydrogens (tertiary/aromatic N) is 2. The van der Waals surface area contributed by atoms with Crippen LogP contribution in [0.1, 0.15) is 45.1 Å². The lowest BCUT2D eigenvalue weighted by atomic mass is 10.1. The number of hydrazone groups is 1. The normalized spacial score (nSPS) is 9.81. The van der Waals surface area contributed by atoms with Crippen LogP contribution < -0.4 is 10.7 Å². The molecular formula is C15H22N4O2. The van der Waals surface area contributed by atoms with Crippen LogP contribution in [0.5, 0.6) is 0 Å². The first-order valence-corrected chi connectivity index (χ1v) is 7.19. The number of hydrogen-bond acceptors (Lipinski definition) is 4. The van der Waals surface area contributed by atoms with E-state index in [1.165, 1.54) is 0 Å². The summed E-state index contributed by atoms with van der Waals surface area (Å²) in [4.78, 5) is 27.2. The van der Waals surface area contributed by atoms with Gasteiger partial charge < -0.3 is 5.32 Å². The van der Waals surface area contributed by atoms with E-state index in [1.54, 1.807) is 18.5 Å². The average molecular weight is 290 g/mol. The van der Waals surface area contributed by atoms with Crippen molar-refractivity contribution >= 4 is 17.5 Å². The largest absolute Gasteiger partial charge is 0.344 e. The van der Waals surface area contributed by atoms with Gasteiger partial charge in [0.05, 0.1) is 0 Å². The Bertz CT molecular complexity index is 478. The minimum Gasteiger partial charge on any atom is -0.344 e. The number of carbonyl (C=O) groups excluding carboxylic acids is 2. The van der Waals surface area contributed by atoms with Crippen molar-refractivity contribution in [3.63, 3.8) is 0 Å². The second kappa shape index (κ2) is 9.63. The van der Waals surface area contributed by atoms with Gasteiger partial charge in [-0.05, 0) is 24.5 Å². The van der Waals surface area contributed by atoms with E-state index in [9.17, 15) is 9.59 Å². The van der Waals surface area contributed by atoms with Crippen LogP contribution in [0.2, 0.25) is 0 Å². The van der Waals surface area contributed by atoms with Crippen molar-refractivity contribution in [3.05, 3.63) is 30.1 Å². The van der Waals surface area contributed by atoms with Crippen molar-refractivity contribution in [3.8, 4) is 0 Å². The van der Waals surface area contributed by atoms with E-state index < -0.39 is 11.8 Å². The third kappa shape index (κ3) is 6.65. The fourth-order valence-corrected chi connectivity index (χ4v) is 1.76. The minimum atomic E-state index is -0.747. The highest BCUT2D eigenvalue weighted by Gasteiger charge is 2.12. The molecule has 0 radical (unpaired) electrons. The first-order valence-electron chi connectivity index (χ1n) is 7.19. The summed E-state index contributed by atoms with van der Waals surface area (Å²) in [6.45, 7) is 4.36. The molecule has 0 aromatic carbocycles. The minimum absolute atomic E-state index is 0.264. The lowest BCUT2D eigenvalue weighted by Crippen LogP contribution is -2.37. The molecule has 1 rings (SSSR count). The Hall–Kier alpha value is -2.24. The van der Waals surface area contributed by atoms with Gasteiger partial charge in [-0.15, -0.1) is 0 Å². The van der Waals surface area contributed by atoms with Crippen LogP contribution in [0.15, 0.2) is 29.6 Å². The SMILES string of the molecule is CCCC(CCC)=NNC(=O)C(=O)NCc1cccnc1. The number of hydrogen-bond donors (Lipinski definition) is 2. The third-order valence-corrected chi connectivity index (χ3v) is 2.77. The molecule has 21 heavy (non-hydrogen) atoms. The van der Waals surface area contributed by atoms with Gasteiger partial charge in [0.2, 0.25) is 0 Å². The topological polar surface area (TPSA) is 83.5 Å². The van der Waals surface area contributed by atoms with Crippen molar-refractivity contribution in [1.82, 2.24) is 15.7 Å². The Morgan fingerprint density at radius 1 is 1.19 bits per heavy atom. The number of aromatic nitrogens is 1. The fourth-order valence-electron chi connectivity index (χ4n) is 1.76. The monoisotopic (exact) mass is 290 g/mol. The number of carbonyl (C=O) groups is 2. The Balaban J connectivity index is 2.43. The molecule has 0 fully saturated rings. The molecule has 6 heteroatoms. The zero-order chi connectivity index (χ0) is 15.5. The van der Waals surface area contributed by atoms with Crippen molar-refractivity contribution in [2.45, 2.75) is 46.1 Å². The van der Waals surface area contributed by atoms with E-state index in [2.05, 4.69) is 20.8 Å². The summed E-state index contributed by atoms with van der Waals surface area (Å²) in [6, 6.07) is 3.59. The number of rotatable bonds is 7. The van der Waals surface area contributed by atoms with Gasteiger partial charge in [0.25, 0.3) is 0 Å². The van der Waals surface area contributed by atoms with Crippen LogP contribution in [0.3, 0.4) is 0 Å². The molecule has 0 bridgehead atoms. The Labute approximate surface area is 125 Å². The fraction of sp³-hybridized carbons (Fsp3) is 0.467. The van der Waals surface area contributed by atoms with E-state index >= 15 is 0 Å². The highest BCUT2D eigenvalue weighted by atomic mass is 16.2. The zero-order valence-corrected chi connectivity index (χ0v) is 12.6. The predicted octanol–water partition coefficient (Wildman–Crippen LogP) is 1.77. The zero-order valence-electron chi connectivity index (χ0n) is 12.6. The molecule has 0 aliphatic rings. The van der Waals surface area contributed by atoms with Crippen LogP contribution in [0, 0.1) is 0 Å². The molecule has 0 atom stereocenters. The van der Waals surface area contributed by atoms with E-state index in [1.807, 2.05) is 19.9 Å². The third-order valence-electron chi connectivity index (χ3n) is 2.77. The van der Waals surface area contributed by atoms with Crippen LogP contribution in [-0.2, 0) is 16.1 Å². The first kappa shape index (κ1) is 16.8. The van der Waals surface area contributed by atoms with Crippen LogP contribution in [0.25, 0.3) is 0 Å². The molecule has 0 spiro atoms. The van der Waals surface area contributed by atoms with Gasteiger partial charge in [-0.1, -0.05) is 32.8 Å². The molecule has 0 aliphatic carbocycles. The molecule has 0 saturated heterocycles. The van der Waals surface area contributed by atoms with Crippen LogP contribution in [-0.4, -0.2) is 22.5 Å². The maximum atomic E-state index is 11.6. The highest BCUT2D eigenvalue weighted by Crippen LogP contribution is 1.99. The smallest absolute Gasteiger partial charge is 0.329 e. The molecule has 1 heterocycles. The molecule has 2 N–H and O–H groups in total. The molecule has 0 saturated carbocycles. The second-order valence-electron chi connectivity index (χ2n) is 4.66. The lowest BCUT2D eigenvalue weighted by Gasteiger charge is -2.06. The van der Waals surface area contributed by atoms with E-state index in [4.69, 9.17) is 0 Å². The van der Waals surface area contributed by atoms with E-state index in [0.29, 0.717) is 0 Å². The summed E-state index contributed by atoms with van der Waals surface area (Å²) in [6.07, 6.45) is 6.85. The predicted molar refractivity (Wildman–Crippen MR) is 81.5 cm³/mol. The Morgan fingerprint density at radius 3 is 2.48 bits per heavy atom. The maximum Gasteiger partial charge on any atom is 0.329 e. The van der Waals surface area contributed by atoms with Gasteiger partial charge in [0.15, 0.2) is 0 Å². The molecule has 6 nitrogen and oxygen atoms in total. The van der Waals surface area contributed by atoms with Gasteiger partial charge in [-0.3, -0.25) is 14.6 Å². The summed E-state index contributed by atoms with van der Waals surface area (Å²) < 4.78 is 0. The molecule has 114 valence electrons. The van der Waals surface area contributed by atoms with Crippen LogP contribution in [0.4, 0.5) is 0 Å². The van der Waals surface area contributed by atoms with Crippen molar-refractivity contribution in [2.24, 2.45) is 5.10 Å². The quantitative estimate of drug-likeness (QED) is 0.456. The molecule has 0 unspecified atom stereocenters.